The Hall–Kier alpha value is -3.32. The lowest BCUT2D eigenvalue weighted by Gasteiger charge is -2.28. The summed E-state index contributed by atoms with van der Waals surface area (Å²) >= 11 is 0. The largest absolute Gasteiger partial charge is 0.489 e. The van der Waals surface area contributed by atoms with Gasteiger partial charge in [0.15, 0.2) is 0 Å². The predicted octanol–water partition coefficient (Wildman–Crippen LogP) is 2.82. The van der Waals surface area contributed by atoms with Crippen molar-refractivity contribution >= 4 is 22.8 Å². The number of rotatable bonds is 7. The summed E-state index contributed by atoms with van der Waals surface area (Å²) < 4.78 is 5.86. The third-order valence-electron chi connectivity index (χ3n) is 5.42. The number of hydrogen-bond acceptors (Lipinski definition) is 4. The number of nitrogens with two attached hydrogens (primary N) is 1. The van der Waals surface area contributed by atoms with E-state index in [0.29, 0.717) is 30.9 Å². The standard InChI is InChI=1S/C22H23N3O4/c23-21(26)19-7-4-10-25(19)20(22(27)28)17-12-24-18-11-15(8-9-16(17)18)29-13-14-5-2-1-3-6-14/h1-3,5-6,8-9,11-12,19-20,24H,4,7,10,13H2,(H2,23,26)(H,27,28)/t19-,20+/m0/s1. The fraction of sp³-hybridized carbons (Fsp3) is 0.273. The molecule has 1 amide bonds. The number of amides is 1. The van der Waals surface area contributed by atoms with Crippen LogP contribution in [0.25, 0.3) is 10.9 Å². The Morgan fingerprint density at radius 1 is 1.24 bits per heavy atom. The van der Waals surface area contributed by atoms with E-state index in [1.807, 2.05) is 48.5 Å². The first-order chi connectivity index (χ1) is 14.0. The zero-order valence-electron chi connectivity index (χ0n) is 15.9. The van der Waals surface area contributed by atoms with Crippen LogP contribution in [0.5, 0.6) is 5.75 Å². The molecule has 1 saturated heterocycles. The number of nitrogens with one attached hydrogen (secondary N) is 1. The molecule has 2 heterocycles. The number of carboxylic acids is 1. The van der Waals surface area contributed by atoms with Crippen molar-refractivity contribution in [1.82, 2.24) is 9.88 Å². The maximum Gasteiger partial charge on any atom is 0.325 e. The van der Waals surface area contributed by atoms with Gasteiger partial charge in [-0.3, -0.25) is 14.5 Å². The number of carbonyl (C=O) groups excluding carboxylic acids is 1. The van der Waals surface area contributed by atoms with Gasteiger partial charge in [0.05, 0.1) is 6.04 Å². The summed E-state index contributed by atoms with van der Waals surface area (Å²) in [5, 5.41) is 10.7. The second-order valence-corrected chi connectivity index (χ2v) is 7.26. The topological polar surface area (TPSA) is 109 Å². The first-order valence-electron chi connectivity index (χ1n) is 9.60. The average molecular weight is 393 g/mol. The molecule has 7 heteroatoms. The van der Waals surface area contributed by atoms with Crippen molar-refractivity contribution in [3.8, 4) is 5.75 Å². The minimum Gasteiger partial charge on any atom is -0.489 e. The lowest BCUT2D eigenvalue weighted by molar-refractivity contribution is -0.144. The molecule has 1 aliphatic rings. The Labute approximate surface area is 168 Å². The maximum atomic E-state index is 12.1. The fourth-order valence-electron chi connectivity index (χ4n) is 4.04. The van der Waals surface area contributed by atoms with Crippen LogP contribution in [-0.2, 0) is 16.2 Å². The second kappa shape index (κ2) is 7.97. The Morgan fingerprint density at radius 3 is 2.76 bits per heavy atom. The highest BCUT2D eigenvalue weighted by Crippen LogP contribution is 2.35. The van der Waals surface area contributed by atoms with Gasteiger partial charge in [0.2, 0.25) is 5.91 Å². The summed E-state index contributed by atoms with van der Waals surface area (Å²) in [4.78, 5) is 28.7. The molecule has 3 aromatic rings. The van der Waals surface area contributed by atoms with Gasteiger partial charge in [0, 0.05) is 35.3 Å². The predicted molar refractivity (Wildman–Crippen MR) is 108 cm³/mol. The molecule has 4 N–H and O–H groups in total. The summed E-state index contributed by atoms with van der Waals surface area (Å²) in [5.74, 6) is -0.786. The van der Waals surface area contributed by atoms with Crippen LogP contribution in [-0.4, -0.2) is 39.5 Å². The number of H-pyrrole nitrogens is 1. The Bertz CT molecular complexity index is 1030. The van der Waals surface area contributed by atoms with Gasteiger partial charge in [-0.1, -0.05) is 30.3 Å². The summed E-state index contributed by atoms with van der Waals surface area (Å²) in [6.45, 7) is 0.973. The number of aromatic amines is 1. The van der Waals surface area contributed by atoms with Crippen molar-refractivity contribution in [2.45, 2.75) is 31.5 Å². The molecule has 1 aromatic heterocycles. The second-order valence-electron chi connectivity index (χ2n) is 7.26. The highest BCUT2D eigenvalue weighted by molar-refractivity contribution is 5.90. The summed E-state index contributed by atoms with van der Waals surface area (Å²) in [6, 6.07) is 13.9. The van der Waals surface area contributed by atoms with Crippen molar-refractivity contribution in [3.63, 3.8) is 0 Å². The lowest BCUT2D eigenvalue weighted by Crippen LogP contribution is -2.44. The van der Waals surface area contributed by atoms with Gasteiger partial charge < -0.3 is 20.6 Å². The quantitative estimate of drug-likeness (QED) is 0.572. The van der Waals surface area contributed by atoms with Crippen molar-refractivity contribution in [2.75, 3.05) is 6.54 Å². The highest BCUT2D eigenvalue weighted by Gasteiger charge is 2.39. The zero-order chi connectivity index (χ0) is 20.4. The van der Waals surface area contributed by atoms with Crippen molar-refractivity contribution in [3.05, 3.63) is 65.9 Å². The molecule has 4 rings (SSSR count). The van der Waals surface area contributed by atoms with Crippen LogP contribution < -0.4 is 10.5 Å². The molecule has 1 fully saturated rings. The molecule has 0 bridgehead atoms. The summed E-state index contributed by atoms with van der Waals surface area (Å²) in [7, 11) is 0. The van der Waals surface area contributed by atoms with E-state index in [1.165, 1.54) is 0 Å². The van der Waals surface area contributed by atoms with Gasteiger partial charge in [-0.15, -0.1) is 0 Å². The third-order valence-corrected chi connectivity index (χ3v) is 5.42. The number of ether oxygens (including phenoxy) is 1. The van der Waals surface area contributed by atoms with Gasteiger partial charge in [0.25, 0.3) is 0 Å². The number of nitrogens with zero attached hydrogens (tertiary/aromatic N) is 1. The number of hydrogen-bond donors (Lipinski definition) is 3. The van der Waals surface area contributed by atoms with Crippen molar-refractivity contribution in [1.29, 1.82) is 0 Å². The number of benzene rings is 2. The molecule has 0 aliphatic carbocycles. The van der Waals surface area contributed by atoms with Crippen molar-refractivity contribution < 1.29 is 19.4 Å². The fourth-order valence-corrected chi connectivity index (χ4v) is 4.04. The maximum absolute atomic E-state index is 12.1. The van der Waals surface area contributed by atoms with Crippen LogP contribution in [0.1, 0.15) is 30.0 Å². The molecule has 1 aliphatic heterocycles. The third kappa shape index (κ3) is 3.82. The van der Waals surface area contributed by atoms with Crippen LogP contribution in [0, 0.1) is 0 Å². The van der Waals surface area contributed by atoms with Gasteiger partial charge in [-0.25, -0.2) is 0 Å². The number of aromatic nitrogens is 1. The number of aliphatic carboxylic acids is 1. The number of carboxylic acid groups (broad SMARTS) is 1. The van der Waals surface area contributed by atoms with E-state index in [-0.39, 0.29) is 0 Å². The molecular weight excluding hydrogens is 370 g/mol. The average Bonchev–Trinajstić information content (AvgIpc) is 3.35. The van der Waals surface area contributed by atoms with Crippen LogP contribution in [0.2, 0.25) is 0 Å². The SMILES string of the molecule is NC(=O)[C@@H]1CCCN1[C@@H](C(=O)O)c1c[nH]c2cc(OCc3ccccc3)ccc12. The summed E-state index contributed by atoms with van der Waals surface area (Å²) in [6.07, 6.45) is 3.02. The van der Waals surface area contributed by atoms with E-state index in [0.717, 1.165) is 22.9 Å². The lowest BCUT2D eigenvalue weighted by atomic mass is 10.0. The van der Waals surface area contributed by atoms with Gasteiger partial charge in [-0.2, -0.15) is 0 Å². The van der Waals surface area contributed by atoms with Crippen molar-refractivity contribution in [2.24, 2.45) is 5.73 Å². The molecule has 7 nitrogen and oxygen atoms in total. The molecule has 2 atom stereocenters. The Morgan fingerprint density at radius 2 is 2.03 bits per heavy atom. The van der Waals surface area contributed by atoms with Crippen LogP contribution >= 0.6 is 0 Å². The number of carbonyl (C=O) groups is 2. The van der Waals surface area contributed by atoms with E-state index < -0.39 is 24.0 Å². The zero-order valence-corrected chi connectivity index (χ0v) is 15.9. The number of fused-ring (bicyclic) bond motifs is 1. The van der Waals surface area contributed by atoms with E-state index >= 15 is 0 Å². The number of primary amides is 1. The van der Waals surface area contributed by atoms with Gasteiger partial charge in [0.1, 0.15) is 18.4 Å². The molecule has 0 spiro atoms. The smallest absolute Gasteiger partial charge is 0.325 e. The molecule has 2 aromatic carbocycles. The Balaban J connectivity index is 1.60. The van der Waals surface area contributed by atoms with E-state index in [4.69, 9.17) is 10.5 Å². The first kappa shape index (κ1) is 19.0. The van der Waals surface area contributed by atoms with Gasteiger partial charge >= 0.3 is 5.97 Å². The summed E-state index contributed by atoms with van der Waals surface area (Å²) in [5.41, 5.74) is 7.97. The minimum atomic E-state index is -0.997. The normalized spacial score (nSPS) is 18.0. The molecule has 150 valence electrons. The van der Waals surface area contributed by atoms with E-state index in [9.17, 15) is 14.7 Å². The van der Waals surface area contributed by atoms with Crippen LogP contribution in [0.15, 0.2) is 54.7 Å². The molecule has 0 unspecified atom stereocenters. The monoisotopic (exact) mass is 393 g/mol. The van der Waals surface area contributed by atoms with E-state index in [1.54, 1.807) is 11.1 Å². The molecule has 0 radical (unpaired) electrons. The Kier molecular flexibility index (Phi) is 5.22. The molecule has 29 heavy (non-hydrogen) atoms. The molecular formula is C22H23N3O4. The number of likely N-dealkylation sites (tertiary alicyclic amines) is 1. The van der Waals surface area contributed by atoms with Crippen LogP contribution in [0.4, 0.5) is 0 Å². The first-order valence-corrected chi connectivity index (χ1v) is 9.60. The minimum absolute atomic E-state index is 0.450. The molecule has 0 saturated carbocycles. The van der Waals surface area contributed by atoms with E-state index in [2.05, 4.69) is 4.98 Å². The van der Waals surface area contributed by atoms with Gasteiger partial charge in [-0.05, 0) is 30.5 Å². The highest BCUT2D eigenvalue weighted by atomic mass is 16.5. The van der Waals surface area contributed by atoms with Crippen LogP contribution in [0.3, 0.4) is 0 Å².